The van der Waals surface area contributed by atoms with Gasteiger partial charge in [0.25, 0.3) is 0 Å². The first-order chi connectivity index (χ1) is 11.1. The number of hydrogen-bond acceptors (Lipinski definition) is 3. The van der Waals surface area contributed by atoms with Gasteiger partial charge in [0.05, 0.1) is 26.2 Å². The van der Waals surface area contributed by atoms with Crippen LogP contribution >= 0.6 is 11.6 Å². The lowest BCUT2D eigenvalue weighted by Crippen LogP contribution is -3.15. The average molecular weight is 335 g/mol. The molecule has 2 aromatic rings. The lowest BCUT2D eigenvalue weighted by Gasteiger charge is -2.34. The Morgan fingerprint density at radius 2 is 2.00 bits per heavy atom. The molecule has 1 aromatic heterocycles. The van der Waals surface area contributed by atoms with Crippen molar-refractivity contribution in [1.29, 1.82) is 0 Å². The Bertz CT molecular complexity index is 660. The van der Waals surface area contributed by atoms with Crippen LogP contribution in [0.5, 0.6) is 0 Å². The number of nitrogens with zero attached hydrogens (tertiary/aromatic N) is 2. The van der Waals surface area contributed by atoms with Crippen LogP contribution in [0.25, 0.3) is 0 Å². The number of halogens is 1. The monoisotopic (exact) mass is 334 g/mol. The van der Waals surface area contributed by atoms with E-state index in [9.17, 15) is 10.3 Å². The van der Waals surface area contributed by atoms with Crippen LogP contribution in [-0.2, 0) is 0 Å². The number of aliphatic hydroxyl groups excluding tert-OH is 1. The third-order valence-corrected chi connectivity index (χ3v) is 4.56. The van der Waals surface area contributed by atoms with Crippen LogP contribution in [0.4, 0.5) is 5.69 Å². The van der Waals surface area contributed by atoms with Crippen LogP contribution in [0.2, 0.25) is 5.02 Å². The van der Waals surface area contributed by atoms with Gasteiger partial charge in [-0.05, 0) is 24.3 Å². The summed E-state index contributed by atoms with van der Waals surface area (Å²) in [5.74, 6) is 0. The van der Waals surface area contributed by atoms with Gasteiger partial charge in [-0.2, -0.15) is 4.73 Å². The molecule has 6 heteroatoms. The predicted molar refractivity (Wildman–Crippen MR) is 89.6 cm³/mol. The summed E-state index contributed by atoms with van der Waals surface area (Å²) in [4.78, 5) is 3.61. The fourth-order valence-corrected chi connectivity index (χ4v) is 3.22. The standard InChI is InChI=1S/C17H20ClN3O2/c18-14-4-3-5-15(12-14)20-10-8-19(9-11-20)13-17(22)16-6-1-2-7-21(16)23/h1-7,12,17,22H,8-11,13H2/p+1/t17-/m0/s1. The molecule has 1 aliphatic heterocycles. The number of benzene rings is 1. The first-order valence-electron chi connectivity index (χ1n) is 7.84. The van der Waals surface area contributed by atoms with Crippen molar-refractivity contribution in [3.8, 4) is 0 Å². The zero-order valence-electron chi connectivity index (χ0n) is 12.9. The van der Waals surface area contributed by atoms with Crippen molar-refractivity contribution in [3.63, 3.8) is 0 Å². The Hall–Kier alpha value is -1.82. The van der Waals surface area contributed by atoms with Crippen molar-refractivity contribution in [2.75, 3.05) is 37.6 Å². The summed E-state index contributed by atoms with van der Waals surface area (Å²) in [5, 5.41) is 22.7. The molecule has 2 heterocycles. The molecule has 1 aliphatic rings. The highest BCUT2D eigenvalue weighted by Gasteiger charge is 2.26. The number of hydrogen-bond donors (Lipinski definition) is 2. The van der Waals surface area contributed by atoms with Gasteiger partial charge in [-0.1, -0.05) is 17.7 Å². The van der Waals surface area contributed by atoms with Crippen LogP contribution in [0.1, 0.15) is 11.8 Å². The molecule has 3 rings (SSSR count). The maximum absolute atomic E-state index is 11.7. The van der Waals surface area contributed by atoms with Gasteiger partial charge in [0, 0.05) is 22.8 Å². The van der Waals surface area contributed by atoms with E-state index in [1.165, 1.54) is 11.1 Å². The molecule has 122 valence electrons. The van der Waals surface area contributed by atoms with Gasteiger partial charge >= 0.3 is 0 Å². The van der Waals surface area contributed by atoms with Crippen molar-refractivity contribution < 1.29 is 14.7 Å². The van der Waals surface area contributed by atoms with E-state index in [0.29, 0.717) is 12.2 Å². The van der Waals surface area contributed by atoms with Gasteiger partial charge in [0.1, 0.15) is 6.54 Å². The lowest BCUT2D eigenvalue weighted by molar-refractivity contribution is -0.905. The van der Waals surface area contributed by atoms with Crippen LogP contribution in [0.3, 0.4) is 0 Å². The molecule has 2 N–H and O–H groups in total. The number of anilines is 1. The highest BCUT2D eigenvalue weighted by atomic mass is 35.5. The smallest absolute Gasteiger partial charge is 0.227 e. The molecular formula is C17H21ClN3O2+. The molecule has 0 unspecified atom stereocenters. The number of piperazine rings is 1. The maximum atomic E-state index is 11.7. The van der Waals surface area contributed by atoms with E-state index < -0.39 is 6.10 Å². The SMILES string of the molecule is [O-][n+]1ccccc1[C@@H](O)C[NH+]1CCN(c2cccc(Cl)c2)CC1. The van der Waals surface area contributed by atoms with E-state index in [1.807, 2.05) is 18.2 Å². The minimum atomic E-state index is -0.735. The highest BCUT2D eigenvalue weighted by molar-refractivity contribution is 6.30. The number of nitrogens with one attached hydrogen (secondary N) is 1. The number of rotatable bonds is 4. The number of pyridine rings is 1. The second-order valence-electron chi connectivity index (χ2n) is 5.89. The molecule has 1 atom stereocenters. The zero-order valence-corrected chi connectivity index (χ0v) is 13.6. The van der Waals surface area contributed by atoms with Crippen molar-refractivity contribution in [3.05, 3.63) is 64.6 Å². The van der Waals surface area contributed by atoms with Crippen LogP contribution < -0.4 is 14.5 Å². The number of aliphatic hydroxyl groups is 1. The summed E-state index contributed by atoms with van der Waals surface area (Å²) in [6.45, 7) is 4.23. The quantitative estimate of drug-likeness (QED) is 0.629. The topological polar surface area (TPSA) is 54.9 Å². The fraction of sp³-hybridized carbons (Fsp3) is 0.353. The molecule has 1 saturated heterocycles. The van der Waals surface area contributed by atoms with E-state index in [4.69, 9.17) is 11.6 Å². The third kappa shape index (κ3) is 3.93. The summed E-state index contributed by atoms with van der Waals surface area (Å²) in [6, 6.07) is 13.0. The van der Waals surface area contributed by atoms with Crippen LogP contribution in [0, 0.1) is 5.21 Å². The second-order valence-corrected chi connectivity index (χ2v) is 6.32. The van der Waals surface area contributed by atoms with Crippen molar-refractivity contribution >= 4 is 17.3 Å². The number of quaternary nitrogens is 1. The first kappa shape index (κ1) is 16.1. The van der Waals surface area contributed by atoms with E-state index >= 15 is 0 Å². The lowest BCUT2D eigenvalue weighted by atomic mass is 10.2. The van der Waals surface area contributed by atoms with Gasteiger partial charge in [-0.25, -0.2) is 0 Å². The minimum absolute atomic E-state index is 0.414. The molecule has 0 amide bonds. The average Bonchev–Trinajstić information content (AvgIpc) is 2.56. The third-order valence-electron chi connectivity index (χ3n) is 4.32. The van der Waals surface area contributed by atoms with Crippen LogP contribution in [0.15, 0.2) is 48.7 Å². The second kappa shape index (κ2) is 7.17. The first-order valence-corrected chi connectivity index (χ1v) is 8.21. The highest BCUT2D eigenvalue weighted by Crippen LogP contribution is 2.19. The van der Waals surface area contributed by atoms with E-state index in [2.05, 4.69) is 11.0 Å². The summed E-state index contributed by atoms with van der Waals surface area (Å²) in [6.07, 6.45) is 0.687. The van der Waals surface area contributed by atoms with Crippen LogP contribution in [-0.4, -0.2) is 37.8 Å². The Balaban J connectivity index is 1.56. The largest absolute Gasteiger partial charge is 0.618 e. The minimum Gasteiger partial charge on any atom is -0.618 e. The van der Waals surface area contributed by atoms with E-state index in [0.717, 1.165) is 41.6 Å². The van der Waals surface area contributed by atoms with Gasteiger partial charge in [0.15, 0.2) is 12.3 Å². The predicted octanol–water partition coefficient (Wildman–Crippen LogP) is 0.412. The Labute approximate surface area is 140 Å². The molecule has 0 radical (unpaired) electrons. The van der Waals surface area contributed by atoms with E-state index in [1.54, 1.807) is 18.2 Å². The molecule has 0 bridgehead atoms. The molecule has 1 aromatic carbocycles. The molecule has 23 heavy (non-hydrogen) atoms. The van der Waals surface area contributed by atoms with Crippen molar-refractivity contribution in [2.24, 2.45) is 0 Å². The van der Waals surface area contributed by atoms with Gasteiger partial charge in [-0.3, -0.25) is 0 Å². The number of aromatic nitrogens is 1. The van der Waals surface area contributed by atoms with Gasteiger partial charge in [0.2, 0.25) is 5.69 Å². The summed E-state index contributed by atoms with van der Waals surface area (Å²) >= 11 is 6.05. The molecule has 1 fully saturated rings. The molecule has 0 spiro atoms. The Morgan fingerprint density at radius 3 is 2.70 bits per heavy atom. The molecule has 0 saturated carbocycles. The summed E-state index contributed by atoms with van der Waals surface area (Å²) < 4.78 is 0.742. The zero-order chi connectivity index (χ0) is 16.2. The molecular weight excluding hydrogens is 314 g/mol. The molecule has 0 aliphatic carbocycles. The normalized spacial score (nSPS) is 17.2. The van der Waals surface area contributed by atoms with Gasteiger partial charge in [-0.15, -0.1) is 0 Å². The Morgan fingerprint density at radius 1 is 1.22 bits per heavy atom. The Kier molecular flexibility index (Phi) is 5.00. The summed E-state index contributed by atoms with van der Waals surface area (Å²) in [5.41, 5.74) is 1.55. The fourth-order valence-electron chi connectivity index (χ4n) is 3.04. The van der Waals surface area contributed by atoms with Crippen molar-refractivity contribution in [2.45, 2.75) is 6.10 Å². The van der Waals surface area contributed by atoms with Crippen molar-refractivity contribution in [1.82, 2.24) is 0 Å². The maximum Gasteiger partial charge on any atom is 0.227 e. The van der Waals surface area contributed by atoms with Gasteiger partial charge < -0.3 is 20.1 Å². The van der Waals surface area contributed by atoms with E-state index in [-0.39, 0.29) is 0 Å². The molecule has 5 nitrogen and oxygen atoms in total. The summed E-state index contributed by atoms with van der Waals surface area (Å²) in [7, 11) is 0.